The fourth-order valence-corrected chi connectivity index (χ4v) is 5.12. The van der Waals surface area contributed by atoms with Crippen molar-refractivity contribution < 1.29 is 14.3 Å². The van der Waals surface area contributed by atoms with Crippen molar-refractivity contribution in [3.8, 4) is 11.3 Å². The summed E-state index contributed by atoms with van der Waals surface area (Å²) in [5.74, 6) is 0.554. The Morgan fingerprint density at radius 1 is 1.17 bits per heavy atom. The predicted octanol–water partition coefficient (Wildman–Crippen LogP) is 3.04. The van der Waals surface area contributed by atoms with Crippen LogP contribution in [-0.2, 0) is 9.47 Å². The van der Waals surface area contributed by atoms with Crippen molar-refractivity contribution in [3.05, 3.63) is 42.4 Å². The Labute approximate surface area is 202 Å². The van der Waals surface area contributed by atoms with E-state index in [-0.39, 0.29) is 24.2 Å². The van der Waals surface area contributed by atoms with Crippen molar-refractivity contribution >= 4 is 28.4 Å². The number of nitrogens with zero attached hydrogens (tertiary/aromatic N) is 5. The van der Waals surface area contributed by atoms with Gasteiger partial charge in [-0.05, 0) is 37.8 Å². The molecule has 0 aromatic carbocycles. The molecule has 4 heterocycles. The van der Waals surface area contributed by atoms with Gasteiger partial charge in [0.1, 0.15) is 17.0 Å². The predicted molar refractivity (Wildman–Crippen MR) is 132 cm³/mol. The molecule has 6 rings (SSSR count). The van der Waals surface area contributed by atoms with Crippen LogP contribution in [0, 0.1) is 0 Å². The highest BCUT2D eigenvalue weighted by Crippen LogP contribution is 2.39. The standard InChI is InChI=1S/C25H29N7O3/c1-26-22-11-20(18-13-31(14-9-15(10-14)34-2)23-16(18)5-4-8-27-23)29-24-17(12-28-32(22)24)25(33)30-19-6-7-21(19)35-3/h4-5,8,11-15,19,21,26H,6-7,9-10H2,1-3H3,(H,30,33)/t14-,15+,19-,21-/m1/s1. The topological polar surface area (TPSA) is 108 Å². The molecular weight excluding hydrogens is 446 g/mol. The number of pyridine rings is 1. The van der Waals surface area contributed by atoms with Crippen molar-refractivity contribution in [3.63, 3.8) is 0 Å². The normalized spacial score (nSPS) is 23.7. The van der Waals surface area contributed by atoms with E-state index in [1.807, 2.05) is 25.4 Å². The number of aromatic nitrogens is 5. The summed E-state index contributed by atoms with van der Waals surface area (Å²) in [4.78, 5) is 22.7. The number of carbonyl (C=O) groups excluding carboxylic acids is 1. The molecule has 0 saturated heterocycles. The van der Waals surface area contributed by atoms with Crippen molar-refractivity contribution in [1.29, 1.82) is 0 Å². The lowest BCUT2D eigenvalue weighted by molar-refractivity contribution is 0.00731. The summed E-state index contributed by atoms with van der Waals surface area (Å²) in [6.45, 7) is 0. The number of amides is 1. The summed E-state index contributed by atoms with van der Waals surface area (Å²) in [5.41, 5.74) is 3.60. The largest absolute Gasteiger partial charge is 0.381 e. The fraction of sp³-hybridized carbons (Fsp3) is 0.440. The highest BCUT2D eigenvalue weighted by atomic mass is 16.5. The Bertz CT molecular complexity index is 1400. The van der Waals surface area contributed by atoms with Crippen LogP contribution in [0.25, 0.3) is 27.9 Å². The maximum absolute atomic E-state index is 13.1. The smallest absolute Gasteiger partial charge is 0.257 e. The first-order valence-electron chi connectivity index (χ1n) is 12.0. The highest BCUT2D eigenvalue weighted by Gasteiger charge is 2.34. The zero-order chi connectivity index (χ0) is 24.1. The van der Waals surface area contributed by atoms with Crippen LogP contribution in [0.15, 0.2) is 36.8 Å². The van der Waals surface area contributed by atoms with E-state index in [4.69, 9.17) is 14.5 Å². The van der Waals surface area contributed by atoms with E-state index in [0.29, 0.717) is 17.3 Å². The van der Waals surface area contributed by atoms with Gasteiger partial charge in [0.25, 0.3) is 5.91 Å². The highest BCUT2D eigenvalue weighted by molar-refractivity contribution is 6.01. The first-order valence-corrected chi connectivity index (χ1v) is 12.0. The maximum Gasteiger partial charge on any atom is 0.257 e. The second-order valence-electron chi connectivity index (χ2n) is 9.31. The van der Waals surface area contributed by atoms with Gasteiger partial charge in [-0.1, -0.05) is 0 Å². The molecular formula is C25H29N7O3. The van der Waals surface area contributed by atoms with Gasteiger partial charge in [0.15, 0.2) is 5.65 Å². The Balaban J connectivity index is 1.42. The molecule has 2 saturated carbocycles. The van der Waals surface area contributed by atoms with Gasteiger partial charge in [-0.3, -0.25) is 4.79 Å². The summed E-state index contributed by atoms with van der Waals surface area (Å²) in [5, 5.41) is 11.7. The van der Waals surface area contributed by atoms with Crippen LogP contribution >= 0.6 is 0 Å². The van der Waals surface area contributed by atoms with Gasteiger partial charge in [0.05, 0.1) is 30.1 Å². The number of methoxy groups -OCH3 is 2. The molecule has 4 aromatic rings. The lowest BCUT2D eigenvalue weighted by Gasteiger charge is -2.35. The Hall–Kier alpha value is -3.50. The van der Waals surface area contributed by atoms with Crippen molar-refractivity contribution in [1.82, 2.24) is 29.5 Å². The van der Waals surface area contributed by atoms with Crippen molar-refractivity contribution in [2.24, 2.45) is 0 Å². The molecule has 10 nitrogen and oxygen atoms in total. The lowest BCUT2D eigenvalue weighted by atomic mass is 9.89. The Kier molecular flexibility index (Phi) is 5.42. The Morgan fingerprint density at radius 2 is 2.03 bits per heavy atom. The number of fused-ring (bicyclic) bond motifs is 2. The molecule has 4 aromatic heterocycles. The molecule has 0 radical (unpaired) electrons. The number of nitrogens with one attached hydrogen (secondary N) is 2. The number of ether oxygens (including phenoxy) is 2. The average molecular weight is 476 g/mol. The zero-order valence-corrected chi connectivity index (χ0v) is 20.1. The molecule has 0 unspecified atom stereocenters. The maximum atomic E-state index is 13.1. The van der Waals surface area contributed by atoms with Crippen LogP contribution in [0.3, 0.4) is 0 Å². The molecule has 2 atom stereocenters. The van der Waals surface area contributed by atoms with E-state index in [1.165, 1.54) is 0 Å². The second kappa shape index (κ2) is 8.62. The van der Waals surface area contributed by atoms with E-state index >= 15 is 0 Å². The quantitative estimate of drug-likeness (QED) is 0.423. The van der Waals surface area contributed by atoms with Gasteiger partial charge in [0.2, 0.25) is 0 Å². The van der Waals surface area contributed by atoms with Gasteiger partial charge in [-0.15, -0.1) is 0 Å². The summed E-state index contributed by atoms with van der Waals surface area (Å²) >= 11 is 0. The molecule has 0 aliphatic heterocycles. The fourth-order valence-electron chi connectivity index (χ4n) is 5.12. The van der Waals surface area contributed by atoms with E-state index < -0.39 is 0 Å². The minimum Gasteiger partial charge on any atom is -0.381 e. The SMILES string of the molecule is CNc1cc(-c2cn([C@H]3C[C@@H](OC)C3)c3ncccc23)nc2c(C(=O)N[C@@H]3CC[C@H]3OC)cnn12. The van der Waals surface area contributed by atoms with E-state index in [2.05, 4.69) is 37.5 Å². The monoisotopic (exact) mass is 475 g/mol. The third kappa shape index (κ3) is 3.55. The van der Waals surface area contributed by atoms with Crippen molar-refractivity contribution in [2.75, 3.05) is 26.6 Å². The molecule has 2 aliphatic carbocycles. The molecule has 1 amide bonds. The molecule has 2 N–H and O–H groups in total. The van der Waals surface area contributed by atoms with E-state index in [0.717, 1.165) is 53.8 Å². The second-order valence-corrected chi connectivity index (χ2v) is 9.31. The van der Waals surface area contributed by atoms with Crippen LogP contribution in [0.1, 0.15) is 42.1 Å². The molecule has 10 heteroatoms. The Morgan fingerprint density at radius 3 is 2.74 bits per heavy atom. The molecule has 182 valence electrons. The van der Waals surface area contributed by atoms with Crippen LogP contribution < -0.4 is 10.6 Å². The van der Waals surface area contributed by atoms with Gasteiger partial charge in [-0.25, -0.2) is 9.97 Å². The van der Waals surface area contributed by atoms with Crippen LogP contribution in [0.2, 0.25) is 0 Å². The minimum atomic E-state index is -0.192. The number of hydrogen-bond donors (Lipinski definition) is 2. The first kappa shape index (κ1) is 22.0. The van der Waals surface area contributed by atoms with Crippen LogP contribution in [0.5, 0.6) is 0 Å². The number of anilines is 1. The summed E-state index contributed by atoms with van der Waals surface area (Å²) in [6, 6.07) is 6.31. The van der Waals surface area contributed by atoms with Gasteiger partial charge < -0.3 is 24.7 Å². The van der Waals surface area contributed by atoms with Crippen molar-refractivity contribution in [2.45, 2.75) is 50.0 Å². The van der Waals surface area contributed by atoms with Crippen LogP contribution in [-0.4, -0.2) is 69.6 Å². The summed E-state index contributed by atoms with van der Waals surface area (Å²) in [7, 11) is 5.27. The van der Waals surface area contributed by atoms with Gasteiger partial charge in [0, 0.05) is 56.7 Å². The number of rotatable bonds is 7. The van der Waals surface area contributed by atoms with E-state index in [9.17, 15) is 4.79 Å². The third-order valence-corrected chi connectivity index (χ3v) is 7.47. The van der Waals surface area contributed by atoms with E-state index in [1.54, 1.807) is 24.9 Å². The van der Waals surface area contributed by atoms with Crippen LogP contribution in [0.4, 0.5) is 5.82 Å². The lowest BCUT2D eigenvalue weighted by Crippen LogP contribution is -2.51. The molecule has 0 bridgehead atoms. The molecule has 0 spiro atoms. The van der Waals surface area contributed by atoms with Gasteiger partial charge >= 0.3 is 0 Å². The summed E-state index contributed by atoms with van der Waals surface area (Å²) < 4.78 is 14.8. The zero-order valence-electron chi connectivity index (χ0n) is 20.1. The molecule has 35 heavy (non-hydrogen) atoms. The molecule has 2 aliphatic rings. The first-order chi connectivity index (χ1) is 17.1. The third-order valence-electron chi connectivity index (χ3n) is 7.47. The number of carbonyl (C=O) groups is 1. The molecule has 2 fully saturated rings. The summed E-state index contributed by atoms with van der Waals surface area (Å²) in [6.07, 6.45) is 9.64. The number of hydrogen-bond acceptors (Lipinski definition) is 7. The average Bonchev–Trinajstić information content (AvgIpc) is 3.43. The van der Waals surface area contributed by atoms with Gasteiger partial charge in [-0.2, -0.15) is 9.61 Å². The minimum absolute atomic E-state index is 0.0110.